The van der Waals surface area contributed by atoms with Gasteiger partial charge in [-0.05, 0) is 25.1 Å². The average Bonchev–Trinajstić information content (AvgIpc) is 2.62. The highest BCUT2D eigenvalue weighted by Crippen LogP contribution is 2.23. The highest BCUT2D eigenvalue weighted by atomic mass is 16.6. The minimum Gasteiger partial charge on any atom is -0.475 e. The van der Waals surface area contributed by atoms with Crippen molar-refractivity contribution >= 4 is 28.8 Å². The Hall–Kier alpha value is -3.55. The molecule has 0 unspecified atom stereocenters. The number of aromatic nitrogens is 2. The molecule has 8 heteroatoms. The fourth-order valence-corrected chi connectivity index (χ4v) is 2.22. The lowest BCUT2D eigenvalue weighted by molar-refractivity contribution is -0.385. The van der Waals surface area contributed by atoms with Gasteiger partial charge < -0.3 is 4.74 Å². The van der Waals surface area contributed by atoms with Gasteiger partial charge in [0, 0.05) is 6.07 Å². The van der Waals surface area contributed by atoms with Crippen LogP contribution in [0.15, 0.2) is 53.6 Å². The molecule has 25 heavy (non-hydrogen) atoms. The van der Waals surface area contributed by atoms with E-state index in [1.807, 2.05) is 31.2 Å². The van der Waals surface area contributed by atoms with E-state index in [-0.39, 0.29) is 5.69 Å². The first-order valence-corrected chi connectivity index (χ1v) is 7.61. The van der Waals surface area contributed by atoms with Crippen LogP contribution in [0.2, 0.25) is 0 Å². The Labute approximate surface area is 143 Å². The summed E-state index contributed by atoms with van der Waals surface area (Å²) in [7, 11) is 0. The van der Waals surface area contributed by atoms with E-state index in [0.717, 1.165) is 0 Å². The molecule has 0 atom stereocenters. The van der Waals surface area contributed by atoms with Crippen LogP contribution in [0.5, 0.6) is 5.88 Å². The molecule has 8 nitrogen and oxygen atoms in total. The SMILES string of the molecule is CCOc1nc2ccccc2nc1N/N=C\c1ccccc1[N+](=O)[O-]. The summed E-state index contributed by atoms with van der Waals surface area (Å²) < 4.78 is 5.49. The second kappa shape index (κ2) is 7.35. The van der Waals surface area contributed by atoms with Gasteiger partial charge in [-0.1, -0.05) is 24.3 Å². The maximum absolute atomic E-state index is 11.0. The molecule has 0 aliphatic carbocycles. The predicted octanol–water partition coefficient (Wildman–Crippen LogP) is 3.38. The van der Waals surface area contributed by atoms with Gasteiger partial charge in [-0.3, -0.25) is 15.5 Å². The highest BCUT2D eigenvalue weighted by molar-refractivity contribution is 5.86. The molecule has 0 saturated carbocycles. The number of nitro groups is 1. The van der Waals surface area contributed by atoms with Gasteiger partial charge >= 0.3 is 0 Å². The van der Waals surface area contributed by atoms with Gasteiger partial charge in [0.2, 0.25) is 5.82 Å². The zero-order valence-corrected chi connectivity index (χ0v) is 13.4. The first-order valence-electron chi connectivity index (χ1n) is 7.61. The van der Waals surface area contributed by atoms with Gasteiger partial charge in [0.15, 0.2) is 0 Å². The number of nitro benzene ring substituents is 1. The molecular weight excluding hydrogens is 322 g/mol. The zero-order valence-electron chi connectivity index (χ0n) is 13.4. The van der Waals surface area contributed by atoms with Gasteiger partial charge in [-0.2, -0.15) is 5.10 Å². The van der Waals surface area contributed by atoms with E-state index in [9.17, 15) is 10.1 Å². The maximum atomic E-state index is 11.0. The highest BCUT2D eigenvalue weighted by Gasteiger charge is 2.11. The number of benzene rings is 2. The number of hydrogen-bond donors (Lipinski definition) is 1. The number of hydrogen-bond acceptors (Lipinski definition) is 7. The predicted molar refractivity (Wildman–Crippen MR) is 95.0 cm³/mol. The third-order valence-corrected chi connectivity index (χ3v) is 3.33. The number of para-hydroxylation sites is 3. The van der Waals surface area contributed by atoms with E-state index in [4.69, 9.17) is 4.74 Å². The Morgan fingerprint density at radius 2 is 1.84 bits per heavy atom. The number of hydrazone groups is 1. The second-order valence-electron chi connectivity index (χ2n) is 4.99. The lowest BCUT2D eigenvalue weighted by Gasteiger charge is -2.08. The summed E-state index contributed by atoms with van der Waals surface area (Å²) >= 11 is 0. The molecule has 3 rings (SSSR count). The number of ether oxygens (including phenoxy) is 1. The normalized spacial score (nSPS) is 10.9. The van der Waals surface area contributed by atoms with Crippen LogP contribution in [-0.2, 0) is 0 Å². The van der Waals surface area contributed by atoms with Crippen LogP contribution >= 0.6 is 0 Å². The largest absolute Gasteiger partial charge is 0.475 e. The molecule has 126 valence electrons. The fourth-order valence-electron chi connectivity index (χ4n) is 2.22. The Morgan fingerprint density at radius 1 is 1.16 bits per heavy atom. The number of nitrogens with zero attached hydrogens (tertiary/aromatic N) is 4. The molecule has 0 radical (unpaired) electrons. The van der Waals surface area contributed by atoms with Crippen LogP contribution in [0.3, 0.4) is 0 Å². The minimum absolute atomic E-state index is 0.0253. The summed E-state index contributed by atoms with van der Waals surface area (Å²) in [5.74, 6) is 0.663. The molecular formula is C17H15N5O3. The van der Waals surface area contributed by atoms with Crippen molar-refractivity contribution in [1.82, 2.24) is 9.97 Å². The van der Waals surface area contributed by atoms with Crippen molar-refractivity contribution in [2.45, 2.75) is 6.92 Å². The van der Waals surface area contributed by atoms with Crippen molar-refractivity contribution in [3.8, 4) is 5.88 Å². The van der Waals surface area contributed by atoms with Crippen LogP contribution in [0.4, 0.5) is 11.5 Å². The molecule has 2 aromatic carbocycles. The lowest BCUT2D eigenvalue weighted by atomic mass is 10.2. The van der Waals surface area contributed by atoms with Crippen molar-refractivity contribution in [3.63, 3.8) is 0 Å². The maximum Gasteiger partial charge on any atom is 0.278 e. The van der Waals surface area contributed by atoms with Crippen LogP contribution in [0, 0.1) is 10.1 Å². The van der Waals surface area contributed by atoms with Crippen LogP contribution in [0.25, 0.3) is 11.0 Å². The molecule has 0 saturated heterocycles. The van der Waals surface area contributed by atoms with Crippen molar-refractivity contribution in [3.05, 3.63) is 64.2 Å². The third kappa shape index (κ3) is 3.69. The molecule has 0 bridgehead atoms. The number of anilines is 1. The topological polar surface area (TPSA) is 103 Å². The second-order valence-corrected chi connectivity index (χ2v) is 4.99. The third-order valence-electron chi connectivity index (χ3n) is 3.33. The van der Waals surface area contributed by atoms with Crippen molar-refractivity contribution in [2.24, 2.45) is 5.10 Å². The molecule has 1 aromatic heterocycles. The Kier molecular flexibility index (Phi) is 4.79. The van der Waals surface area contributed by atoms with Crippen molar-refractivity contribution in [1.29, 1.82) is 0 Å². The zero-order chi connectivity index (χ0) is 17.6. The minimum atomic E-state index is -0.456. The van der Waals surface area contributed by atoms with E-state index < -0.39 is 4.92 Å². The summed E-state index contributed by atoms with van der Waals surface area (Å²) in [6.45, 7) is 2.27. The Balaban J connectivity index is 1.90. The van der Waals surface area contributed by atoms with E-state index in [2.05, 4.69) is 20.5 Å². The first-order chi connectivity index (χ1) is 12.2. The molecule has 0 amide bonds. The smallest absolute Gasteiger partial charge is 0.278 e. The number of fused-ring (bicyclic) bond motifs is 1. The standard InChI is InChI=1S/C17H15N5O3/c1-2-25-17-16(19-13-8-4-5-9-14(13)20-17)21-18-11-12-7-3-6-10-15(12)22(23)24/h3-11H,2H2,1H3,(H,19,21)/b18-11-. The van der Waals surface area contributed by atoms with E-state index in [1.54, 1.807) is 18.2 Å². The Morgan fingerprint density at radius 3 is 2.56 bits per heavy atom. The molecule has 1 heterocycles. The monoisotopic (exact) mass is 337 g/mol. The quantitative estimate of drug-likeness (QED) is 0.420. The summed E-state index contributed by atoms with van der Waals surface area (Å²) in [5.41, 5.74) is 4.51. The van der Waals surface area contributed by atoms with Crippen LogP contribution < -0.4 is 10.2 Å². The summed E-state index contributed by atoms with van der Waals surface area (Å²) in [6.07, 6.45) is 1.37. The van der Waals surface area contributed by atoms with Crippen LogP contribution in [-0.4, -0.2) is 27.7 Å². The van der Waals surface area contributed by atoms with Gasteiger partial charge in [-0.25, -0.2) is 9.97 Å². The lowest BCUT2D eigenvalue weighted by Crippen LogP contribution is -2.03. The molecule has 3 aromatic rings. The van der Waals surface area contributed by atoms with Gasteiger partial charge in [0.1, 0.15) is 0 Å². The van der Waals surface area contributed by atoms with Crippen molar-refractivity contribution in [2.75, 3.05) is 12.0 Å². The molecule has 0 aliphatic heterocycles. The molecule has 0 fully saturated rings. The average molecular weight is 337 g/mol. The molecule has 0 aliphatic rings. The summed E-state index contributed by atoms with van der Waals surface area (Å²) in [4.78, 5) is 19.4. The Bertz CT molecular complexity index is 942. The molecule has 1 N–H and O–H groups in total. The van der Waals surface area contributed by atoms with E-state index in [0.29, 0.717) is 34.9 Å². The fraction of sp³-hybridized carbons (Fsp3) is 0.118. The summed E-state index contributed by atoms with van der Waals surface area (Å²) in [5, 5.41) is 15.1. The molecule has 0 spiro atoms. The van der Waals surface area contributed by atoms with E-state index >= 15 is 0 Å². The van der Waals surface area contributed by atoms with Gasteiger partial charge in [0.25, 0.3) is 11.6 Å². The van der Waals surface area contributed by atoms with Crippen LogP contribution in [0.1, 0.15) is 12.5 Å². The van der Waals surface area contributed by atoms with Crippen molar-refractivity contribution < 1.29 is 9.66 Å². The van der Waals surface area contributed by atoms with Gasteiger partial charge in [0.05, 0.1) is 34.3 Å². The summed E-state index contributed by atoms with van der Waals surface area (Å²) in [6, 6.07) is 13.7. The first kappa shape index (κ1) is 16.3. The number of rotatable bonds is 6. The number of nitrogens with one attached hydrogen (secondary N) is 1. The van der Waals surface area contributed by atoms with Gasteiger partial charge in [-0.15, -0.1) is 0 Å². The van der Waals surface area contributed by atoms with E-state index in [1.165, 1.54) is 12.3 Å².